The number of urea groups is 1. The fourth-order valence-corrected chi connectivity index (χ4v) is 4.64. The summed E-state index contributed by atoms with van der Waals surface area (Å²) in [5, 5.41) is 7.29. The van der Waals surface area contributed by atoms with Crippen LogP contribution in [0.2, 0.25) is 0 Å². The first-order chi connectivity index (χ1) is 12.2. The van der Waals surface area contributed by atoms with Crippen molar-refractivity contribution in [3.05, 3.63) is 17.5 Å². The minimum atomic E-state index is -3.18. The second-order valence-corrected chi connectivity index (χ2v) is 9.05. The monoisotopic (exact) mass is 385 g/mol. The topological polar surface area (TPSA) is 87.5 Å². The molecule has 1 aromatic rings. The third-order valence-electron chi connectivity index (χ3n) is 4.85. The van der Waals surface area contributed by atoms with Crippen molar-refractivity contribution >= 4 is 16.1 Å². The highest BCUT2D eigenvalue weighted by atomic mass is 32.2. The number of hydrogen-bond acceptors (Lipinski definition) is 4. The van der Waals surface area contributed by atoms with Gasteiger partial charge in [0, 0.05) is 38.4 Å². The lowest BCUT2D eigenvalue weighted by molar-refractivity contribution is 0.202. The molecule has 0 spiro atoms. The smallest absolute Gasteiger partial charge is 0.317 e. The number of amides is 2. The minimum absolute atomic E-state index is 0.0148. The molecule has 1 saturated heterocycles. The van der Waals surface area contributed by atoms with Gasteiger partial charge >= 0.3 is 6.03 Å². The molecular formula is C17H31N5O3S. The molecule has 26 heavy (non-hydrogen) atoms. The van der Waals surface area contributed by atoms with E-state index in [9.17, 15) is 13.2 Å². The third kappa shape index (κ3) is 5.70. The highest BCUT2D eigenvalue weighted by Crippen LogP contribution is 2.21. The van der Waals surface area contributed by atoms with Crippen molar-refractivity contribution < 1.29 is 13.2 Å². The van der Waals surface area contributed by atoms with Crippen molar-refractivity contribution in [3.8, 4) is 0 Å². The van der Waals surface area contributed by atoms with E-state index in [-0.39, 0.29) is 12.1 Å². The van der Waals surface area contributed by atoms with Crippen LogP contribution < -0.4 is 5.32 Å². The Morgan fingerprint density at radius 2 is 2.12 bits per heavy atom. The quantitative estimate of drug-likeness (QED) is 0.767. The molecule has 1 N–H and O–H groups in total. The van der Waals surface area contributed by atoms with Crippen molar-refractivity contribution in [1.82, 2.24) is 24.3 Å². The molecular weight excluding hydrogens is 354 g/mol. The summed E-state index contributed by atoms with van der Waals surface area (Å²) in [6.45, 7) is 6.21. The first-order valence-electron chi connectivity index (χ1n) is 9.15. The van der Waals surface area contributed by atoms with Crippen LogP contribution >= 0.6 is 0 Å². The Morgan fingerprint density at radius 3 is 2.73 bits per heavy atom. The van der Waals surface area contributed by atoms with Crippen LogP contribution in [0.3, 0.4) is 0 Å². The molecule has 0 aliphatic carbocycles. The van der Waals surface area contributed by atoms with Crippen LogP contribution in [0.25, 0.3) is 0 Å². The summed E-state index contributed by atoms with van der Waals surface area (Å²) in [5.74, 6) is 0. The number of nitrogens with zero attached hydrogens (tertiary/aromatic N) is 4. The van der Waals surface area contributed by atoms with E-state index >= 15 is 0 Å². The predicted octanol–water partition coefficient (Wildman–Crippen LogP) is 1.35. The molecule has 2 rings (SSSR count). The normalized spacial score (nSPS) is 18.7. The molecule has 0 radical (unpaired) electrons. The molecule has 0 aromatic carbocycles. The average molecular weight is 386 g/mol. The molecule has 1 aliphatic heterocycles. The summed E-state index contributed by atoms with van der Waals surface area (Å²) in [4.78, 5) is 13.9. The number of sulfonamides is 1. The van der Waals surface area contributed by atoms with Gasteiger partial charge < -0.3 is 10.2 Å². The summed E-state index contributed by atoms with van der Waals surface area (Å²) in [7, 11) is -1.43. The van der Waals surface area contributed by atoms with Gasteiger partial charge in [0.25, 0.3) is 0 Å². The molecule has 1 fully saturated rings. The molecule has 0 unspecified atom stereocenters. The summed E-state index contributed by atoms with van der Waals surface area (Å²) in [6, 6.07) is 1.85. The van der Waals surface area contributed by atoms with Crippen molar-refractivity contribution in [1.29, 1.82) is 0 Å². The summed E-state index contributed by atoms with van der Waals surface area (Å²) >= 11 is 0. The van der Waals surface area contributed by atoms with Crippen molar-refractivity contribution in [2.24, 2.45) is 0 Å². The Kier molecular flexibility index (Phi) is 7.05. The molecule has 8 nitrogen and oxygen atoms in total. The van der Waals surface area contributed by atoms with Crippen molar-refractivity contribution in [2.75, 3.05) is 32.9 Å². The number of carbonyl (C=O) groups excluding carboxylic acids is 1. The maximum absolute atomic E-state index is 12.2. The van der Waals surface area contributed by atoms with Gasteiger partial charge in [-0.25, -0.2) is 13.2 Å². The third-order valence-corrected chi connectivity index (χ3v) is 6.18. The minimum Gasteiger partial charge on any atom is -0.338 e. The molecule has 1 aliphatic rings. The molecule has 9 heteroatoms. The number of aromatic nitrogens is 2. The highest BCUT2D eigenvalue weighted by Gasteiger charge is 2.28. The first-order valence-corrected chi connectivity index (χ1v) is 11.0. The van der Waals surface area contributed by atoms with E-state index in [2.05, 4.69) is 10.4 Å². The van der Waals surface area contributed by atoms with E-state index in [1.165, 1.54) is 6.26 Å². The summed E-state index contributed by atoms with van der Waals surface area (Å²) in [5.41, 5.74) is 2.05. The zero-order valence-electron chi connectivity index (χ0n) is 16.2. The van der Waals surface area contributed by atoms with E-state index in [1.807, 2.05) is 24.6 Å². The molecule has 1 atom stereocenters. The molecule has 2 heterocycles. The van der Waals surface area contributed by atoms with Crippen LogP contribution in [0, 0.1) is 13.8 Å². The summed E-state index contributed by atoms with van der Waals surface area (Å²) < 4.78 is 27.2. The number of aryl methyl sites for hydroxylation is 2. The molecule has 1 aromatic heterocycles. The van der Waals surface area contributed by atoms with Crippen LogP contribution in [-0.2, 0) is 16.6 Å². The lowest BCUT2D eigenvalue weighted by Gasteiger charge is -2.33. The Balaban J connectivity index is 1.76. The first kappa shape index (κ1) is 20.7. The zero-order chi connectivity index (χ0) is 19.3. The second-order valence-electron chi connectivity index (χ2n) is 7.12. The van der Waals surface area contributed by atoms with Crippen LogP contribution in [0.15, 0.2) is 6.07 Å². The Labute approximate surface area is 156 Å². The van der Waals surface area contributed by atoms with Gasteiger partial charge in [-0.1, -0.05) is 6.42 Å². The number of rotatable bonds is 7. The summed E-state index contributed by atoms with van der Waals surface area (Å²) in [6.07, 6.45) is 4.70. The Hall–Kier alpha value is -1.61. The molecule has 2 amide bonds. The maximum Gasteiger partial charge on any atom is 0.317 e. The lowest BCUT2D eigenvalue weighted by Crippen LogP contribution is -2.46. The van der Waals surface area contributed by atoms with Crippen LogP contribution in [-0.4, -0.2) is 72.4 Å². The molecule has 0 saturated carbocycles. The number of hydrogen-bond donors (Lipinski definition) is 1. The van der Waals surface area contributed by atoms with Crippen molar-refractivity contribution in [2.45, 2.75) is 52.1 Å². The van der Waals surface area contributed by atoms with Gasteiger partial charge in [-0.15, -0.1) is 0 Å². The largest absolute Gasteiger partial charge is 0.338 e. The van der Waals surface area contributed by atoms with Gasteiger partial charge in [-0.3, -0.25) is 4.68 Å². The standard InChI is InChI=1S/C17H31N5O3S/c1-14-13-15(2)21(19-14)12-11-20(3)17(23)18-9-8-16-7-5-6-10-22(16)26(4,24)25/h13,16H,5-12H2,1-4H3,(H,18,23)/t16-/m0/s1. The lowest BCUT2D eigenvalue weighted by atomic mass is 10.0. The van der Waals surface area contributed by atoms with E-state index in [0.29, 0.717) is 32.6 Å². The second kappa shape index (κ2) is 8.85. The van der Waals surface area contributed by atoms with Gasteiger partial charge in [-0.05, 0) is 39.2 Å². The fourth-order valence-electron chi connectivity index (χ4n) is 3.43. The Bertz CT molecular complexity index is 716. The maximum atomic E-state index is 12.2. The molecule has 0 bridgehead atoms. The SMILES string of the molecule is Cc1cc(C)n(CCN(C)C(=O)NCC[C@@H]2CCCCN2S(C)(=O)=O)n1. The van der Waals surface area contributed by atoms with Gasteiger partial charge in [0.15, 0.2) is 0 Å². The van der Waals surface area contributed by atoms with E-state index < -0.39 is 10.0 Å². The van der Waals surface area contributed by atoms with Crippen molar-refractivity contribution in [3.63, 3.8) is 0 Å². The Morgan fingerprint density at radius 1 is 1.38 bits per heavy atom. The van der Waals surface area contributed by atoms with Crippen LogP contribution in [0.5, 0.6) is 0 Å². The predicted molar refractivity (Wildman–Crippen MR) is 102 cm³/mol. The number of carbonyl (C=O) groups is 1. The number of nitrogens with one attached hydrogen (secondary N) is 1. The average Bonchev–Trinajstić information content (AvgIpc) is 2.89. The van der Waals surface area contributed by atoms with Gasteiger partial charge in [0.2, 0.25) is 10.0 Å². The van der Waals surface area contributed by atoms with E-state index in [1.54, 1.807) is 16.3 Å². The number of likely N-dealkylation sites (N-methyl/N-ethyl adjacent to an activating group) is 1. The van der Waals surface area contributed by atoms with E-state index in [0.717, 1.165) is 30.7 Å². The van der Waals surface area contributed by atoms with Gasteiger partial charge in [0.05, 0.1) is 18.5 Å². The van der Waals surface area contributed by atoms with Crippen LogP contribution in [0.4, 0.5) is 4.79 Å². The van der Waals surface area contributed by atoms with Crippen LogP contribution in [0.1, 0.15) is 37.1 Å². The number of piperidine rings is 1. The highest BCUT2D eigenvalue weighted by molar-refractivity contribution is 7.88. The van der Waals surface area contributed by atoms with Gasteiger partial charge in [0.1, 0.15) is 0 Å². The fraction of sp³-hybridized carbons (Fsp3) is 0.765. The van der Waals surface area contributed by atoms with Gasteiger partial charge in [-0.2, -0.15) is 9.40 Å². The molecule has 148 valence electrons. The zero-order valence-corrected chi connectivity index (χ0v) is 17.0. The van der Waals surface area contributed by atoms with E-state index in [4.69, 9.17) is 0 Å².